The zero-order chi connectivity index (χ0) is 32.3. The number of fused-ring (bicyclic) bond motifs is 1. The third-order valence-corrected chi connectivity index (χ3v) is 6.97. The first-order valence-electron chi connectivity index (χ1n) is 13.5. The van der Waals surface area contributed by atoms with E-state index in [0.29, 0.717) is 36.2 Å². The summed E-state index contributed by atoms with van der Waals surface area (Å²) in [6.45, 7) is 1.88. The summed E-state index contributed by atoms with van der Waals surface area (Å²) >= 11 is 0. The predicted octanol–water partition coefficient (Wildman–Crippen LogP) is 8.55. The van der Waals surface area contributed by atoms with E-state index in [1.54, 1.807) is 0 Å². The van der Waals surface area contributed by atoms with Crippen molar-refractivity contribution < 1.29 is 44.3 Å². The second-order valence-electron chi connectivity index (χ2n) is 10.2. The molecule has 6 nitrogen and oxygen atoms in total. The second kappa shape index (κ2) is 12.8. The molecule has 236 valence electrons. The van der Waals surface area contributed by atoms with Crippen molar-refractivity contribution in [3.05, 3.63) is 76.1 Å². The van der Waals surface area contributed by atoms with Crippen molar-refractivity contribution >= 4 is 11.6 Å². The van der Waals surface area contributed by atoms with E-state index in [9.17, 15) is 39.5 Å². The minimum atomic E-state index is -5.06. The van der Waals surface area contributed by atoms with E-state index in [2.05, 4.69) is 20.6 Å². The molecule has 1 aliphatic rings. The van der Waals surface area contributed by atoms with Crippen LogP contribution in [0.1, 0.15) is 72.2 Å². The van der Waals surface area contributed by atoms with Crippen molar-refractivity contribution in [3.63, 3.8) is 0 Å². The number of ether oxygens (including phenoxy) is 1. The lowest BCUT2D eigenvalue weighted by Crippen LogP contribution is -2.31. The summed E-state index contributed by atoms with van der Waals surface area (Å²) in [7, 11) is 0. The maximum absolute atomic E-state index is 13.5. The maximum Gasteiger partial charge on any atom is 0.416 e. The Hall–Kier alpha value is -4.22. The smallest absolute Gasteiger partial charge is 0.416 e. The quantitative estimate of drug-likeness (QED) is 0.182. The van der Waals surface area contributed by atoms with E-state index >= 15 is 0 Å². The van der Waals surface area contributed by atoms with Gasteiger partial charge in [-0.2, -0.15) is 44.8 Å². The molecular weight excluding hydrogens is 605 g/mol. The van der Waals surface area contributed by atoms with Gasteiger partial charge in [0.15, 0.2) is 5.75 Å². The van der Waals surface area contributed by atoms with E-state index in [4.69, 9.17) is 10.00 Å². The highest BCUT2D eigenvalue weighted by atomic mass is 19.4. The third kappa shape index (κ3) is 8.03. The van der Waals surface area contributed by atoms with E-state index in [1.165, 1.54) is 12.3 Å². The average Bonchev–Trinajstić information content (AvgIpc) is 2.94. The molecule has 0 aliphatic carbocycles. The van der Waals surface area contributed by atoms with Gasteiger partial charge < -0.3 is 15.4 Å². The van der Waals surface area contributed by atoms with Gasteiger partial charge in [-0.3, -0.25) is 0 Å². The van der Waals surface area contributed by atoms with Gasteiger partial charge in [-0.1, -0.05) is 6.92 Å². The van der Waals surface area contributed by atoms with Crippen LogP contribution in [0.5, 0.6) is 5.75 Å². The zero-order valence-corrected chi connectivity index (χ0v) is 23.1. The minimum Gasteiger partial charge on any atom is -0.490 e. The molecule has 1 aliphatic heterocycles. The van der Waals surface area contributed by atoms with Gasteiger partial charge in [0.05, 0.1) is 47.3 Å². The summed E-state index contributed by atoms with van der Waals surface area (Å²) in [5.41, 5.74) is -3.52. The number of anilines is 2. The Morgan fingerprint density at radius 2 is 1.61 bits per heavy atom. The highest BCUT2D eigenvalue weighted by Gasteiger charge is 2.37. The zero-order valence-electron chi connectivity index (χ0n) is 23.1. The van der Waals surface area contributed by atoms with Crippen molar-refractivity contribution in [1.82, 2.24) is 9.97 Å². The maximum atomic E-state index is 13.5. The Morgan fingerprint density at radius 1 is 0.955 bits per heavy atom. The number of nitrogens with zero attached hydrogens (tertiary/aromatic N) is 3. The van der Waals surface area contributed by atoms with Gasteiger partial charge in [0.1, 0.15) is 0 Å². The summed E-state index contributed by atoms with van der Waals surface area (Å²) in [6.07, 6.45) is -12.7. The van der Waals surface area contributed by atoms with Gasteiger partial charge in [-0.05, 0) is 66.8 Å². The number of benzene rings is 2. The predicted molar refractivity (Wildman–Crippen MR) is 142 cm³/mol. The number of unbranched alkanes of at least 4 members (excludes halogenated alkanes) is 1. The lowest BCUT2D eigenvalue weighted by Gasteiger charge is -2.34. The van der Waals surface area contributed by atoms with Crippen molar-refractivity contribution in [2.24, 2.45) is 0 Å². The van der Waals surface area contributed by atoms with E-state index < -0.39 is 47.7 Å². The number of aromatic nitrogens is 2. The molecule has 0 unspecified atom stereocenters. The van der Waals surface area contributed by atoms with Crippen LogP contribution in [-0.4, -0.2) is 22.6 Å². The van der Waals surface area contributed by atoms with E-state index in [-0.39, 0.29) is 54.5 Å². The molecule has 2 N–H and O–H groups in total. The first-order valence-corrected chi connectivity index (χ1v) is 13.5. The summed E-state index contributed by atoms with van der Waals surface area (Å²) in [5.74, 6) is -0.145. The number of nitrogens with one attached hydrogen (secondary N) is 2. The lowest BCUT2D eigenvalue weighted by atomic mass is 9.90. The molecule has 0 fully saturated rings. The fourth-order valence-corrected chi connectivity index (χ4v) is 4.78. The van der Waals surface area contributed by atoms with Crippen molar-refractivity contribution in [2.45, 2.75) is 69.6 Å². The topological polar surface area (TPSA) is 82.9 Å². The van der Waals surface area contributed by atoms with Crippen LogP contribution < -0.4 is 15.4 Å². The fraction of sp³-hybridized carbons (Fsp3) is 0.414. The van der Waals surface area contributed by atoms with E-state index in [0.717, 1.165) is 12.1 Å². The highest BCUT2D eigenvalue weighted by molar-refractivity contribution is 5.59. The van der Waals surface area contributed by atoms with Gasteiger partial charge in [0, 0.05) is 24.6 Å². The van der Waals surface area contributed by atoms with Crippen molar-refractivity contribution in [1.29, 1.82) is 5.26 Å². The fourth-order valence-electron chi connectivity index (χ4n) is 4.78. The molecule has 44 heavy (non-hydrogen) atoms. The molecule has 2 heterocycles. The molecule has 3 aromatic rings. The van der Waals surface area contributed by atoms with Crippen LogP contribution in [0.2, 0.25) is 0 Å². The van der Waals surface area contributed by atoms with Gasteiger partial charge in [-0.25, -0.2) is 9.97 Å². The Kier molecular flexibility index (Phi) is 9.50. The van der Waals surface area contributed by atoms with Crippen LogP contribution in [-0.2, 0) is 24.9 Å². The van der Waals surface area contributed by atoms with Crippen LogP contribution in [0.4, 0.5) is 51.1 Å². The second-order valence-corrected chi connectivity index (χ2v) is 10.2. The van der Waals surface area contributed by atoms with Crippen molar-refractivity contribution in [2.75, 3.05) is 17.2 Å². The number of nitriles is 1. The molecule has 0 saturated carbocycles. The standard InChI is InChI=1S/C29H26F9N5O/c1-2-20-14-23(21-13-17(27(30,31)32)5-6-22(21)41-20)42-26-40-15-25(44-8-4-3-7-39)24(43-26)11-16-9-18(28(33,34)35)12-19(10-16)29(36,37)38/h5-6,9-10,12-13,15,20,23,41H,2-4,8,11,14H2,1H3,(H,40,42,43)/t20-,23+/m1/s1. The number of halogens is 9. The molecule has 0 spiro atoms. The van der Waals surface area contributed by atoms with Crippen molar-refractivity contribution in [3.8, 4) is 11.8 Å². The monoisotopic (exact) mass is 631 g/mol. The van der Waals surface area contributed by atoms with Crippen LogP contribution >= 0.6 is 0 Å². The number of hydrogen-bond donors (Lipinski definition) is 2. The third-order valence-electron chi connectivity index (χ3n) is 6.97. The van der Waals surface area contributed by atoms with Gasteiger partial charge in [-0.15, -0.1) is 0 Å². The van der Waals surface area contributed by atoms with Gasteiger partial charge in [0.2, 0.25) is 5.95 Å². The molecule has 0 bridgehead atoms. The summed E-state index contributed by atoms with van der Waals surface area (Å²) in [5, 5.41) is 14.9. The molecule has 2 aromatic carbocycles. The van der Waals surface area contributed by atoms with E-state index in [1.807, 2.05) is 13.0 Å². The van der Waals surface area contributed by atoms with Gasteiger partial charge in [0.25, 0.3) is 0 Å². The number of rotatable bonds is 9. The Labute approximate surface area is 246 Å². The molecule has 0 saturated heterocycles. The normalized spacial score (nSPS) is 16.9. The lowest BCUT2D eigenvalue weighted by molar-refractivity contribution is -0.143. The molecule has 2 atom stereocenters. The summed E-state index contributed by atoms with van der Waals surface area (Å²) in [4.78, 5) is 8.49. The van der Waals surface area contributed by atoms with Crippen LogP contribution in [0.3, 0.4) is 0 Å². The minimum absolute atomic E-state index is 0.00679. The Morgan fingerprint density at radius 3 is 2.20 bits per heavy atom. The van der Waals surface area contributed by atoms with Crippen LogP contribution in [0, 0.1) is 11.3 Å². The Balaban J connectivity index is 1.73. The Bertz CT molecular complexity index is 1480. The molecule has 1 aromatic heterocycles. The molecule has 0 amide bonds. The highest BCUT2D eigenvalue weighted by Crippen LogP contribution is 2.40. The molecular formula is C29H26F9N5O. The largest absolute Gasteiger partial charge is 0.490 e. The van der Waals surface area contributed by atoms with Gasteiger partial charge >= 0.3 is 18.5 Å². The average molecular weight is 632 g/mol. The molecule has 0 radical (unpaired) electrons. The number of alkyl halides is 9. The summed E-state index contributed by atoms with van der Waals surface area (Å²) < 4.78 is 127. The first-order chi connectivity index (χ1) is 20.6. The molecule has 4 rings (SSSR count). The summed E-state index contributed by atoms with van der Waals surface area (Å²) in [6, 6.07) is 5.55. The molecule has 15 heteroatoms. The first kappa shape index (κ1) is 32.7. The SMILES string of the molecule is CC[C@@H]1C[C@H](Nc2ncc(OCCCC#N)c(Cc3cc(C(F)(F)F)cc(C(F)(F)F)c3)n2)c2cc(C(F)(F)F)ccc2N1. The van der Waals surface area contributed by atoms with Crippen LogP contribution in [0.25, 0.3) is 0 Å². The van der Waals surface area contributed by atoms with Crippen LogP contribution in [0.15, 0.2) is 42.6 Å². The number of hydrogen-bond acceptors (Lipinski definition) is 6.